The van der Waals surface area contributed by atoms with Gasteiger partial charge in [-0.3, -0.25) is 20.4 Å². The molecule has 0 aromatic heterocycles. The Balaban J connectivity index is 2.00. The first-order valence-electron chi connectivity index (χ1n) is 8.85. The van der Waals surface area contributed by atoms with Gasteiger partial charge >= 0.3 is 6.09 Å². The molecule has 2 aliphatic rings. The number of amides is 1. The molecule has 0 bridgehead atoms. The van der Waals surface area contributed by atoms with Crippen LogP contribution in [0.15, 0.2) is 23.2 Å². The Morgan fingerprint density at radius 1 is 1.50 bits per heavy atom. The summed E-state index contributed by atoms with van der Waals surface area (Å²) < 4.78 is 25.5. The molecule has 1 saturated heterocycles. The second kappa shape index (κ2) is 7.67. The van der Waals surface area contributed by atoms with E-state index in [-0.39, 0.29) is 17.2 Å². The fourth-order valence-corrected chi connectivity index (χ4v) is 4.46. The van der Waals surface area contributed by atoms with Gasteiger partial charge in [0.1, 0.15) is 11.4 Å². The van der Waals surface area contributed by atoms with Crippen LogP contribution in [0.25, 0.3) is 0 Å². The van der Waals surface area contributed by atoms with Crippen molar-refractivity contribution in [2.24, 2.45) is 10.9 Å². The highest BCUT2D eigenvalue weighted by molar-refractivity contribution is 8.13. The predicted octanol–water partition coefficient (Wildman–Crippen LogP) is 3.59. The summed E-state index contributed by atoms with van der Waals surface area (Å²) in [6.07, 6.45) is -0.297. The van der Waals surface area contributed by atoms with E-state index < -0.39 is 28.0 Å². The maximum atomic E-state index is 14.7. The molecule has 2 atom stereocenters. The standard InChI is InChI=1S/C18H22FN3O5S/c1-17(2,3)27-16(23)20-15-21-18(6-7-26-9-11(18)10-28-15)13-8-12(22(24)25)4-5-14(13)19/h4-5,8,11H,6-7,9-10H2,1-3H3,(H,20,21,23)/t11-,18+/m1/s1. The lowest BCUT2D eigenvalue weighted by molar-refractivity contribution is -0.385. The second-order valence-corrected chi connectivity index (χ2v) is 8.73. The zero-order chi connectivity index (χ0) is 20.5. The van der Waals surface area contributed by atoms with E-state index in [9.17, 15) is 19.3 Å². The maximum absolute atomic E-state index is 14.7. The number of thioether (sulfide) groups is 1. The third-order valence-corrected chi connectivity index (χ3v) is 5.62. The number of carbonyl (C=O) groups is 1. The molecule has 0 saturated carbocycles. The van der Waals surface area contributed by atoms with Gasteiger partial charge in [-0.05, 0) is 26.8 Å². The van der Waals surface area contributed by atoms with Crippen LogP contribution in [0.1, 0.15) is 32.8 Å². The molecular formula is C18H22FN3O5S. The van der Waals surface area contributed by atoms with Crippen molar-refractivity contribution in [1.82, 2.24) is 5.32 Å². The lowest BCUT2D eigenvalue weighted by Gasteiger charge is -2.44. The van der Waals surface area contributed by atoms with Gasteiger partial charge < -0.3 is 9.47 Å². The summed E-state index contributed by atoms with van der Waals surface area (Å²) in [5, 5.41) is 14.1. The number of halogens is 1. The molecular weight excluding hydrogens is 389 g/mol. The number of ether oxygens (including phenoxy) is 2. The average Bonchev–Trinajstić information content (AvgIpc) is 2.59. The highest BCUT2D eigenvalue weighted by Gasteiger charge is 2.48. The normalized spacial score (nSPS) is 24.7. The number of hydrogen-bond acceptors (Lipinski definition) is 7. The van der Waals surface area contributed by atoms with Crippen molar-refractivity contribution in [3.8, 4) is 0 Å². The van der Waals surface area contributed by atoms with Crippen molar-refractivity contribution < 1.29 is 23.6 Å². The molecule has 28 heavy (non-hydrogen) atoms. The fraction of sp³-hybridized carbons (Fsp3) is 0.556. The van der Waals surface area contributed by atoms with Gasteiger partial charge in [-0.1, -0.05) is 11.8 Å². The summed E-state index contributed by atoms with van der Waals surface area (Å²) >= 11 is 1.31. The Morgan fingerprint density at radius 3 is 2.93 bits per heavy atom. The van der Waals surface area contributed by atoms with Crippen LogP contribution >= 0.6 is 11.8 Å². The largest absolute Gasteiger partial charge is 0.444 e. The van der Waals surface area contributed by atoms with E-state index in [0.717, 1.165) is 12.1 Å². The van der Waals surface area contributed by atoms with Crippen molar-refractivity contribution in [3.05, 3.63) is 39.7 Å². The van der Waals surface area contributed by atoms with Crippen molar-refractivity contribution in [2.75, 3.05) is 19.0 Å². The van der Waals surface area contributed by atoms with Crippen molar-refractivity contribution in [3.63, 3.8) is 0 Å². The number of fused-ring (bicyclic) bond motifs is 1. The lowest BCUT2D eigenvalue weighted by atomic mass is 9.75. The number of alkyl carbamates (subject to hydrolysis) is 1. The third kappa shape index (κ3) is 4.27. The van der Waals surface area contributed by atoms with Crippen LogP contribution in [0.4, 0.5) is 14.9 Å². The molecule has 1 aromatic rings. The molecule has 1 fully saturated rings. The molecule has 8 nitrogen and oxygen atoms in total. The molecule has 10 heteroatoms. The Morgan fingerprint density at radius 2 is 2.25 bits per heavy atom. The molecule has 0 spiro atoms. The number of amidine groups is 1. The molecule has 0 aliphatic carbocycles. The second-order valence-electron chi connectivity index (χ2n) is 7.72. The van der Waals surface area contributed by atoms with Gasteiger partial charge in [-0.2, -0.15) is 0 Å². The Hall–Kier alpha value is -2.20. The number of nitrogens with zero attached hydrogens (tertiary/aromatic N) is 2. The van der Waals surface area contributed by atoms with E-state index in [2.05, 4.69) is 10.3 Å². The van der Waals surface area contributed by atoms with Crippen LogP contribution in [0, 0.1) is 21.8 Å². The molecule has 0 unspecified atom stereocenters. The monoisotopic (exact) mass is 411 g/mol. The summed E-state index contributed by atoms with van der Waals surface area (Å²) in [5.41, 5.74) is -1.76. The highest BCUT2D eigenvalue weighted by Crippen LogP contribution is 2.46. The molecule has 152 valence electrons. The van der Waals surface area contributed by atoms with Crippen LogP contribution in [-0.4, -0.2) is 40.8 Å². The number of non-ortho nitro benzene ring substituents is 1. The van der Waals surface area contributed by atoms with E-state index in [0.29, 0.717) is 30.6 Å². The van der Waals surface area contributed by atoms with Crippen molar-refractivity contribution >= 4 is 28.7 Å². The van der Waals surface area contributed by atoms with E-state index in [1.165, 1.54) is 17.8 Å². The summed E-state index contributed by atoms with van der Waals surface area (Å²) in [5.74, 6) is -0.215. The molecule has 1 N–H and O–H groups in total. The van der Waals surface area contributed by atoms with Crippen molar-refractivity contribution in [1.29, 1.82) is 0 Å². The predicted molar refractivity (Wildman–Crippen MR) is 103 cm³/mol. The number of hydrogen-bond donors (Lipinski definition) is 1. The van der Waals surface area contributed by atoms with E-state index in [1.54, 1.807) is 20.8 Å². The smallest absolute Gasteiger partial charge is 0.413 e. The number of nitrogens with one attached hydrogen (secondary N) is 1. The molecule has 1 amide bonds. The minimum Gasteiger partial charge on any atom is -0.444 e. The minimum absolute atomic E-state index is 0.152. The fourth-order valence-electron chi connectivity index (χ4n) is 3.35. The van der Waals surface area contributed by atoms with Gasteiger partial charge in [-0.15, -0.1) is 0 Å². The quantitative estimate of drug-likeness (QED) is 0.589. The highest BCUT2D eigenvalue weighted by atomic mass is 32.2. The molecule has 3 rings (SSSR count). The first-order chi connectivity index (χ1) is 13.1. The number of benzene rings is 1. The van der Waals surface area contributed by atoms with Gasteiger partial charge in [0, 0.05) is 42.4 Å². The Labute approximate surface area is 166 Å². The number of nitro groups is 1. The van der Waals surface area contributed by atoms with E-state index >= 15 is 0 Å². The SMILES string of the molecule is CC(C)(C)OC(=O)NC1=N[C@@]2(c3cc([N+](=O)[O-])ccc3F)CCOC[C@@H]2CS1. The third-order valence-electron chi connectivity index (χ3n) is 4.58. The Kier molecular flexibility index (Phi) is 5.62. The molecule has 2 aliphatic heterocycles. The number of carbonyl (C=O) groups excluding carboxylic acids is 1. The molecule has 0 radical (unpaired) electrons. The van der Waals surface area contributed by atoms with Crippen LogP contribution in [-0.2, 0) is 15.0 Å². The molecule has 2 heterocycles. The number of aliphatic imine (C=N–C) groups is 1. The first kappa shape index (κ1) is 20.5. The van der Waals surface area contributed by atoms with Crippen LogP contribution in [0.5, 0.6) is 0 Å². The van der Waals surface area contributed by atoms with E-state index in [4.69, 9.17) is 9.47 Å². The lowest BCUT2D eigenvalue weighted by Crippen LogP contribution is -2.48. The summed E-state index contributed by atoms with van der Waals surface area (Å²) in [6, 6.07) is 3.45. The van der Waals surface area contributed by atoms with E-state index in [1.807, 2.05) is 0 Å². The van der Waals surface area contributed by atoms with Gasteiger partial charge in [0.25, 0.3) is 5.69 Å². The van der Waals surface area contributed by atoms with Gasteiger partial charge in [0.2, 0.25) is 0 Å². The van der Waals surface area contributed by atoms with Gasteiger partial charge in [0.05, 0.1) is 17.1 Å². The first-order valence-corrected chi connectivity index (χ1v) is 9.84. The summed E-state index contributed by atoms with van der Waals surface area (Å²) in [4.78, 5) is 27.4. The number of rotatable bonds is 2. The zero-order valence-corrected chi connectivity index (χ0v) is 16.7. The Bertz CT molecular complexity index is 826. The summed E-state index contributed by atoms with van der Waals surface area (Å²) in [6.45, 7) is 5.94. The van der Waals surface area contributed by atoms with Crippen LogP contribution in [0.2, 0.25) is 0 Å². The number of nitro benzene ring substituents is 1. The molecule has 1 aromatic carbocycles. The minimum atomic E-state index is -1.04. The topological polar surface area (TPSA) is 103 Å². The van der Waals surface area contributed by atoms with Crippen LogP contribution < -0.4 is 5.32 Å². The summed E-state index contributed by atoms with van der Waals surface area (Å²) in [7, 11) is 0. The van der Waals surface area contributed by atoms with Gasteiger partial charge in [-0.25, -0.2) is 9.18 Å². The average molecular weight is 411 g/mol. The maximum Gasteiger partial charge on any atom is 0.413 e. The van der Waals surface area contributed by atoms with Gasteiger partial charge in [0.15, 0.2) is 5.17 Å². The zero-order valence-electron chi connectivity index (χ0n) is 15.9. The van der Waals surface area contributed by atoms with Crippen LogP contribution in [0.3, 0.4) is 0 Å². The van der Waals surface area contributed by atoms with Crippen molar-refractivity contribution in [2.45, 2.75) is 38.3 Å².